The van der Waals surface area contributed by atoms with Gasteiger partial charge in [-0.15, -0.1) is 0 Å². The summed E-state index contributed by atoms with van der Waals surface area (Å²) in [7, 11) is 1.67. The Morgan fingerprint density at radius 2 is 1.75 bits per heavy atom. The van der Waals surface area contributed by atoms with Crippen LogP contribution in [0, 0.1) is 0 Å². The Bertz CT molecular complexity index is 1660. The van der Waals surface area contributed by atoms with Crippen LogP contribution in [0.25, 0.3) is 45.6 Å². The highest BCUT2D eigenvalue weighted by molar-refractivity contribution is 6.09. The smallest absolute Gasteiger partial charge is 0.237 e. The fourth-order valence-corrected chi connectivity index (χ4v) is 4.99. The van der Waals surface area contributed by atoms with Gasteiger partial charge >= 0.3 is 0 Å². The van der Waals surface area contributed by atoms with E-state index in [-0.39, 0.29) is 5.91 Å². The van der Waals surface area contributed by atoms with Crippen LogP contribution >= 0.6 is 0 Å². The number of likely N-dealkylation sites (N-methyl/N-ethyl adjacent to an activating group) is 1. The van der Waals surface area contributed by atoms with E-state index >= 15 is 0 Å². The Hall–Kier alpha value is -4.39. The summed E-state index contributed by atoms with van der Waals surface area (Å²) in [5.41, 5.74) is 7.01. The van der Waals surface area contributed by atoms with Gasteiger partial charge in [-0.3, -0.25) is 9.89 Å². The molecule has 1 aliphatic rings. The molecule has 0 unspecified atom stereocenters. The number of aromatic nitrogens is 4. The number of aromatic amines is 2. The maximum absolute atomic E-state index is 12.9. The van der Waals surface area contributed by atoms with Crippen molar-refractivity contribution in [2.45, 2.75) is 26.2 Å². The van der Waals surface area contributed by atoms with Gasteiger partial charge < -0.3 is 14.6 Å². The molecule has 1 amide bonds. The molecule has 0 aliphatic carbocycles. The summed E-state index contributed by atoms with van der Waals surface area (Å²) in [6.07, 6.45) is 4.15. The number of fused-ring (bicyclic) bond motifs is 3. The third-order valence-electron chi connectivity index (χ3n) is 7.05. The summed E-state index contributed by atoms with van der Waals surface area (Å²) in [5.74, 6) is 1.67. The van der Waals surface area contributed by atoms with Crippen LogP contribution in [0.2, 0.25) is 0 Å². The lowest BCUT2D eigenvalue weighted by Gasteiger charge is -2.18. The number of anilines is 1. The third-order valence-corrected chi connectivity index (χ3v) is 7.05. The maximum atomic E-state index is 12.9. The van der Waals surface area contributed by atoms with E-state index in [2.05, 4.69) is 45.5 Å². The molecule has 0 atom stereocenters. The SMILES string of the molecule is CCN1C(=O)C(C)(C)c2cc3nc(-c4n[nH]c5cc(/C=C/c6ccc(OC)cc6)ccc45)[nH]c3cc21. The number of carbonyl (C=O) groups excluding carboxylic acids is 1. The van der Waals surface area contributed by atoms with Crippen molar-refractivity contribution < 1.29 is 9.53 Å². The van der Waals surface area contributed by atoms with Gasteiger partial charge in [-0.25, -0.2) is 4.98 Å². The molecule has 0 fully saturated rings. The van der Waals surface area contributed by atoms with Crippen molar-refractivity contribution in [2.75, 3.05) is 18.6 Å². The van der Waals surface area contributed by atoms with Crippen LogP contribution in [-0.2, 0) is 10.2 Å². The molecule has 6 rings (SSSR count). The summed E-state index contributed by atoms with van der Waals surface area (Å²) < 4.78 is 5.22. The fraction of sp³-hybridized carbons (Fsp3) is 0.207. The van der Waals surface area contributed by atoms with Crippen molar-refractivity contribution >= 4 is 45.7 Å². The topological polar surface area (TPSA) is 86.9 Å². The first-order chi connectivity index (χ1) is 17.4. The molecule has 0 radical (unpaired) electrons. The van der Waals surface area contributed by atoms with Crippen molar-refractivity contribution in [1.29, 1.82) is 0 Å². The van der Waals surface area contributed by atoms with E-state index in [0.717, 1.165) is 55.8 Å². The summed E-state index contributed by atoms with van der Waals surface area (Å²) in [4.78, 5) is 23.0. The molecule has 1 aliphatic heterocycles. The van der Waals surface area contributed by atoms with Gasteiger partial charge in [0.15, 0.2) is 5.82 Å². The van der Waals surface area contributed by atoms with Gasteiger partial charge in [0.1, 0.15) is 11.4 Å². The first-order valence-corrected chi connectivity index (χ1v) is 12.1. The Morgan fingerprint density at radius 3 is 2.50 bits per heavy atom. The molecule has 0 bridgehead atoms. The van der Waals surface area contributed by atoms with Gasteiger partial charge in [0, 0.05) is 11.9 Å². The van der Waals surface area contributed by atoms with Crippen LogP contribution in [0.15, 0.2) is 54.6 Å². The van der Waals surface area contributed by atoms with E-state index in [1.165, 1.54) is 0 Å². The van der Waals surface area contributed by atoms with Gasteiger partial charge in [0.05, 0.1) is 34.8 Å². The second kappa shape index (κ2) is 8.09. The Morgan fingerprint density at radius 1 is 1.00 bits per heavy atom. The second-order valence-electron chi connectivity index (χ2n) is 9.63. The minimum Gasteiger partial charge on any atom is -0.497 e. The molecule has 2 N–H and O–H groups in total. The highest BCUT2D eigenvalue weighted by Crippen LogP contribution is 2.43. The van der Waals surface area contributed by atoms with Crippen molar-refractivity contribution in [3.05, 3.63) is 71.3 Å². The quantitative estimate of drug-likeness (QED) is 0.307. The van der Waals surface area contributed by atoms with E-state index < -0.39 is 5.41 Å². The number of H-pyrrole nitrogens is 2. The molecule has 0 saturated heterocycles. The zero-order valence-corrected chi connectivity index (χ0v) is 20.7. The lowest BCUT2D eigenvalue weighted by Crippen LogP contribution is -2.35. The lowest BCUT2D eigenvalue weighted by molar-refractivity contribution is -0.122. The van der Waals surface area contributed by atoms with Crippen molar-refractivity contribution in [1.82, 2.24) is 20.2 Å². The van der Waals surface area contributed by atoms with Gasteiger partial charge in [-0.2, -0.15) is 5.10 Å². The van der Waals surface area contributed by atoms with Crippen molar-refractivity contribution in [3.63, 3.8) is 0 Å². The largest absolute Gasteiger partial charge is 0.497 e. The number of rotatable bonds is 5. The Kier molecular flexibility index (Phi) is 4.96. The molecule has 7 heteroatoms. The Balaban J connectivity index is 1.34. The van der Waals surface area contributed by atoms with Crippen LogP contribution in [0.5, 0.6) is 5.75 Å². The number of benzene rings is 3. The van der Waals surface area contributed by atoms with Gasteiger partial charge in [0.2, 0.25) is 5.91 Å². The molecule has 7 nitrogen and oxygen atoms in total. The number of nitrogens with zero attached hydrogens (tertiary/aromatic N) is 3. The predicted molar refractivity (Wildman–Crippen MR) is 144 cm³/mol. The molecule has 2 aromatic heterocycles. The molecular formula is C29H27N5O2. The molecule has 180 valence electrons. The maximum Gasteiger partial charge on any atom is 0.237 e. The second-order valence-corrected chi connectivity index (χ2v) is 9.63. The zero-order chi connectivity index (χ0) is 25.0. The minimum atomic E-state index is -0.562. The standard InChI is InChI=1S/C29H27N5O2/c1-5-34-25-16-24-23(15-21(25)29(2,3)28(34)35)30-27(31-24)26-20-13-10-18(14-22(20)32-33-26)7-6-17-8-11-19(36-4)12-9-17/h6-16H,5H2,1-4H3,(H,30,31)(H,32,33)/b7-6+. The monoisotopic (exact) mass is 477 g/mol. The number of amides is 1. The molecule has 0 spiro atoms. The van der Waals surface area contributed by atoms with Crippen LogP contribution in [0.3, 0.4) is 0 Å². The third kappa shape index (κ3) is 3.39. The number of ether oxygens (including phenoxy) is 1. The van der Waals surface area contributed by atoms with E-state index in [0.29, 0.717) is 12.4 Å². The Labute approximate surface area is 208 Å². The van der Waals surface area contributed by atoms with Gasteiger partial charge in [-0.05, 0) is 73.9 Å². The highest BCUT2D eigenvalue weighted by atomic mass is 16.5. The summed E-state index contributed by atoms with van der Waals surface area (Å²) >= 11 is 0. The number of carbonyl (C=O) groups is 1. The van der Waals surface area contributed by atoms with Crippen LogP contribution in [-0.4, -0.2) is 39.7 Å². The molecule has 3 heterocycles. The van der Waals surface area contributed by atoms with E-state index in [9.17, 15) is 4.79 Å². The average molecular weight is 478 g/mol. The zero-order valence-electron chi connectivity index (χ0n) is 20.7. The number of imidazole rings is 1. The normalized spacial score (nSPS) is 14.9. The first kappa shape index (κ1) is 22.1. The molecular weight excluding hydrogens is 450 g/mol. The molecule has 0 saturated carbocycles. The van der Waals surface area contributed by atoms with Crippen molar-refractivity contribution in [3.8, 4) is 17.3 Å². The molecule has 5 aromatic rings. The summed E-state index contributed by atoms with van der Waals surface area (Å²) in [6.45, 7) is 6.60. The lowest BCUT2D eigenvalue weighted by atomic mass is 9.86. The fourth-order valence-electron chi connectivity index (χ4n) is 4.99. The highest BCUT2D eigenvalue weighted by Gasteiger charge is 2.43. The first-order valence-electron chi connectivity index (χ1n) is 12.1. The van der Waals surface area contributed by atoms with Gasteiger partial charge in [0.25, 0.3) is 0 Å². The minimum absolute atomic E-state index is 0.128. The van der Waals surface area contributed by atoms with Crippen molar-refractivity contribution in [2.24, 2.45) is 0 Å². The van der Waals surface area contributed by atoms with E-state index in [4.69, 9.17) is 9.72 Å². The van der Waals surface area contributed by atoms with E-state index in [1.807, 2.05) is 62.1 Å². The summed E-state index contributed by atoms with van der Waals surface area (Å²) in [6, 6.07) is 18.2. The number of hydrogen-bond donors (Lipinski definition) is 2. The number of nitrogens with one attached hydrogen (secondary N) is 2. The predicted octanol–water partition coefficient (Wildman–Crippen LogP) is 5.93. The summed E-state index contributed by atoms with van der Waals surface area (Å²) in [5, 5.41) is 8.71. The number of hydrogen-bond acceptors (Lipinski definition) is 4. The number of methoxy groups -OCH3 is 1. The van der Waals surface area contributed by atoms with Crippen LogP contribution in [0.4, 0.5) is 5.69 Å². The molecule has 3 aromatic carbocycles. The van der Waals surface area contributed by atoms with Crippen LogP contribution in [0.1, 0.15) is 37.5 Å². The molecule has 36 heavy (non-hydrogen) atoms. The average Bonchev–Trinajstić information content (AvgIpc) is 3.54. The van der Waals surface area contributed by atoms with E-state index in [1.54, 1.807) is 7.11 Å². The van der Waals surface area contributed by atoms with Gasteiger partial charge in [-0.1, -0.05) is 30.4 Å². The van der Waals surface area contributed by atoms with Crippen LogP contribution < -0.4 is 9.64 Å².